The van der Waals surface area contributed by atoms with E-state index in [0.717, 1.165) is 52.4 Å². The average Bonchev–Trinajstić information content (AvgIpc) is 3.31. The third-order valence-electron chi connectivity index (χ3n) is 6.61. The molecule has 2 aliphatic heterocycles. The summed E-state index contributed by atoms with van der Waals surface area (Å²) in [5, 5.41) is 3.16. The number of aromatic nitrogens is 2. The van der Waals surface area contributed by atoms with E-state index in [2.05, 4.69) is 10.3 Å². The van der Waals surface area contributed by atoms with E-state index >= 15 is 0 Å². The molecule has 0 radical (unpaired) electrons. The van der Waals surface area contributed by atoms with Gasteiger partial charge in [-0.1, -0.05) is 6.07 Å². The maximum Gasteiger partial charge on any atom is 0.227 e. The van der Waals surface area contributed by atoms with E-state index in [9.17, 15) is 4.79 Å². The van der Waals surface area contributed by atoms with E-state index < -0.39 is 0 Å². The lowest BCUT2D eigenvalue weighted by molar-refractivity contribution is -0.139. The van der Waals surface area contributed by atoms with Gasteiger partial charge in [0.2, 0.25) is 5.91 Å². The minimum absolute atomic E-state index is 0.0275. The number of carbonyl (C=O) groups excluding carboxylic acids is 1. The van der Waals surface area contributed by atoms with Crippen LogP contribution in [0.25, 0.3) is 21.3 Å². The molecule has 2 aliphatic rings. The molecule has 8 nitrogen and oxygen atoms in total. The number of thiophene rings is 1. The fourth-order valence-electron chi connectivity index (χ4n) is 4.89. The summed E-state index contributed by atoms with van der Waals surface area (Å²) in [5.74, 6) is 3.24. The second-order valence-electron chi connectivity index (χ2n) is 8.72. The van der Waals surface area contributed by atoms with Crippen molar-refractivity contribution < 1.29 is 19.0 Å². The molecular formula is C25H30N4O4S. The van der Waals surface area contributed by atoms with Crippen LogP contribution in [0.15, 0.2) is 23.6 Å². The van der Waals surface area contributed by atoms with E-state index in [0.29, 0.717) is 44.3 Å². The van der Waals surface area contributed by atoms with Gasteiger partial charge in [0.25, 0.3) is 0 Å². The van der Waals surface area contributed by atoms with E-state index in [1.807, 2.05) is 30.0 Å². The van der Waals surface area contributed by atoms with Gasteiger partial charge in [-0.05, 0) is 37.5 Å². The molecule has 2 fully saturated rings. The molecule has 180 valence electrons. The van der Waals surface area contributed by atoms with Crippen molar-refractivity contribution in [1.82, 2.24) is 14.9 Å². The Labute approximate surface area is 203 Å². The van der Waals surface area contributed by atoms with Gasteiger partial charge in [-0.2, -0.15) is 0 Å². The highest BCUT2D eigenvalue weighted by Crippen LogP contribution is 2.41. The lowest BCUT2D eigenvalue weighted by Gasteiger charge is -2.37. The van der Waals surface area contributed by atoms with E-state index in [-0.39, 0.29) is 11.8 Å². The Kier molecular flexibility index (Phi) is 6.56. The predicted octanol–water partition coefficient (Wildman–Crippen LogP) is 3.76. The Morgan fingerprint density at radius 3 is 2.68 bits per heavy atom. The SMILES string of the molecule is COc1ccc(-c2csc3nc(C)nc(N4CCC[C@@H](C(=O)N5CCOCC5)C4)c23)cc1OC. The van der Waals surface area contributed by atoms with Gasteiger partial charge in [0.1, 0.15) is 16.5 Å². The highest BCUT2D eigenvalue weighted by Gasteiger charge is 2.32. The molecule has 2 aromatic heterocycles. The second-order valence-corrected chi connectivity index (χ2v) is 9.57. The van der Waals surface area contributed by atoms with Crippen molar-refractivity contribution in [3.63, 3.8) is 0 Å². The molecule has 0 N–H and O–H groups in total. The zero-order chi connectivity index (χ0) is 23.7. The molecule has 1 aromatic carbocycles. The Bertz CT molecular complexity index is 1190. The molecule has 0 saturated carbocycles. The Morgan fingerprint density at radius 1 is 1.12 bits per heavy atom. The fourth-order valence-corrected chi connectivity index (χ4v) is 5.87. The number of anilines is 1. The highest BCUT2D eigenvalue weighted by molar-refractivity contribution is 7.17. The van der Waals surface area contributed by atoms with Crippen LogP contribution in [0.4, 0.5) is 5.82 Å². The van der Waals surface area contributed by atoms with Crippen LogP contribution in [-0.4, -0.2) is 74.4 Å². The van der Waals surface area contributed by atoms with E-state index in [1.165, 1.54) is 0 Å². The summed E-state index contributed by atoms with van der Waals surface area (Å²) >= 11 is 1.62. The van der Waals surface area contributed by atoms with Crippen LogP contribution in [-0.2, 0) is 9.53 Å². The number of hydrogen-bond donors (Lipinski definition) is 0. The van der Waals surface area contributed by atoms with Crippen LogP contribution in [0.5, 0.6) is 11.5 Å². The van der Waals surface area contributed by atoms with E-state index in [1.54, 1.807) is 25.6 Å². The second kappa shape index (κ2) is 9.76. The number of ether oxygens (including phenoxy) is 3. The molecule has 2 saturated heterocycles. The fraction of sp³-hybridized carbons (Fsp3) is 0.480. The standard InChI is InChI=1S/C25H30N4O4S/c1-16-26-23(29-8-4-5-18(14-29)25(30)28-9-11-33-12-10-28)22-19(15-34-24(22)27-16)17-6-7-20(31-2)21(13-17)32-3/h6-7,13,15,18H,4-5,8-12,14H2,1-3H3/t18-/m1/s1. The normalized spacial score (nSPS) is 18.9. The van der Waals surface area contributed by atoms with Gasteiger partial charge >= 0.3 is 0 Å². The van der Waals surface area contributed by atoms with Gasteiger partial charge in [0.05, 0.1) is 38.7 Å². The number of fused-ring (bicyclic) bond motifs is 1. The van der Waals surface area contributed by atoms with Crippen LogP contribution < -0.4 is 14.4 Å². The van der Waals surface area contributed by atoms with E-state index in [4.69, 9.17) is 24.2 Å². The number of methoxy groups -OCH3 is 2. The molecule has 1 atom stereocenters. The first-order chi connectivity index (χ1) is 16.6. The first kappa shape index (κ1) is 22.9. The summed E-state index contributed by atoms with van der Waals surface area (Å²) in [7, 11) is 3.28. The zero-order valence-electron chi connectivity index (χ0n) is 19.9. The van der Waals surface area contributed by atoms with Crippen LogP contribution in [0.3, 0.4) is 0 Å². The molecule has 5 rings (SSSR count). The van der Waals surface area contributed by atoms with Gasteiger partial charge < -0.3 is 24.0 Å². The Morgan fingerprint density at radius 2 is 1.91 bits per heavy atom. The topological polar surface area (TPSA) is 77.0 Å². The number of rotatable bonds is 5. The molecule has 1 amide bonds. The van der Waals surface area contributed by atoms with Gasteiger partial charge in [0, 0.05) is 37.1 Å². The summed E-state index contributed by atoms with van der Waals surface area (Å²) in [6.45, 7) is 6.08. The molecular weight excluding hydrogens is 452 g/mol. The maximum atomic E-state index is 13.2. The van der Waals surface area contributed by atoms with Gasteiger partial charge in [-0.3, -0.25) is 4.79 Å². The monoisotopic (exact) mass is 482 g/mol. The average molecular weight is 483 g/mol. The third kappa shape index (κ3) is 4.30. The molecule has 0 bridgehead atoms. The van der Waals surface area contributed by atoms with Crippen molar-refractivity contribution in [1.29, 1.82) is 0 Å². The van der Waals surface area contributed by atoms with Crippen LogP contribution in [0.1, 0.15) is 18.7 Å². The van der Waals surface area contributed by atoms with Crippen molar-refractivity contribution in [2.45, 2.75) is 19.8 Å². The smallest absolute Gasteiger partial charge is 0.227 e. The summed E-state index contributed by atoms with van der Waals surface area (Å²) in [6.07, 6.45) is 1.87. The molecule has 34 heavy (non-hydrogen) atoms. The van der Waals surface area contributed by atoms with Crippen molar-refractivity contribution in [2.24, 2.45) is 5.92 Å². The van der Waals surface area contributed by atoms with Crippen LogP contribution in [0, 0.1) is 12.8 Å². The minimum atomic E-state index is -0.0275. The number of nitrogens with zero attached hydrogens (tertiary/aromatic N) is 4. The van der Waals surface area contributed by atoms with Crippen LogP contribution in [0.2, 0.25) is 0 Å². The number of hydrogen-bond acceptors (Lipinski definition) is 8. The number of amides is 1. The maximum absolute atomic E-state index is 13.2. The van der Waals surface area contributed by atoms with Gasteiger partial charge in [0.15, 0.2) is 11.5 Å². The molecule has 0 aliphatic carbocycles. The Hall–Kier alpha value is -2.91. The van der Waals surface area contributed by atoms with Gasteiger partial charge in [-0.15, -0.1) is 11.3 Å². The first-order valence-electron chi connectivity index (χ1n) is 11.7. The summed E-state index contributed by atoms with van der Waals surface area (Å²) in [6, 6.07) is 5.95. The number of aryl methyl sites for hydroxylation is 1. The molecule has 0 unspecified atom stereocenters. The number of benzene rings is 1. The number of morpholine rings is 1. The summed E-state index contributed by atoms with van der Waals surface area (Å²) < 4.78 is 16.4. The van der Waals surface area contributed by atoms with Crippen molar-refractivity contribution >= 4 is 33.3 Å². The largest absolute Gasteiger partial charge is 0.493 e. The quantitative estimate of drug-likeness (QED) is 0.548. The van der Waals surface area contributed by atoms with Crippen molar-refractivity contribution in [2.75, 3.05) is 58.5 Å². The first-order valence-corrected chi connectivity index (χ1v) is 12.6. The van der Waals surface area contributed by atoms with Crippen molar-refractivity contribution in [3.8, 4) is 22.6 Å². The number of piperidine rings is 1. The lowest BCUT2D eigenvalue weighted by Crippen LogP contribution is -2.48. The summed E-state index contributed by atoms with van der Waals surface area (Å²) in [5.41, 5.74) is 2.09. The van der Waals surface area contributed by atoms with Gasteiger partial charge in [-0.25, -0.2) is 9.97 Å². The summed E-state index contributed by atoms with van der Waals surface area (Å²) in [4.78, 5) is 28.0. The lowest BCUT2D eigenvalue weighted by atomic mass is 9.95. The highest BCUT2D eigenvalue weighted by atomic mass is 32.1. The molecule has 0 spiro atoms. The predicted molar refractivity (Wildman–Crippen MR) is 133 cm³/mol. The van der Waals surface area contributed by atoms with Crippen LogP contribution >= 0.6 is 11.3 Å². The zero-order valence-corrected chi connectivity index (χ0v) is 20.7. The minimum Gasteiger partial charge on any atom is -0.493 e. The molecule has 9 heteroatoms. The third-order valence-corrected chi connectivity index (χ3v) is 7.49. The molecule has 4 heterocycles. The van der Waals surface area contributed by atoms with Crippen molar-refractivity contribution in [3.05, 3.63) is 29.4 Å². The number of carbonyl (C=O) groups is 1. The Balaban J connectivity index is 1.51. The molecule has 3 aromatic rings.